The number of imide groups is 1. The van der Waals surface area contributed by atoms with E-state index in [4.69, 9.17) is 9.47 Å². The summed E-state index contributed by atoms with van der Waals surface area (Å²) >= 11 is 0. The molecule has 0 aliphatic carbocycles. The monoisotopic (exact) mass is 287 g/mol. The Kier molecular flexibility index (Phi) is 9.18. The predicted molar refractivity (Wildman–Crippen MR) is 71.2 cm³/mol. The van der Waals surface area contributed by atoms with Gasteiger partial charge in [0, 0.05) is 38.8 Å². The summed E-state index contributed by atoms with van der Waals surface area (Å²) in [6.07, 6.45) is 2.49. The highest BCUT2D eigenvalue weighted by Crippen LogP contribution is 2.03. The Balaban J connectivity index is 0.00000361. The zero-order valence-corrected chi connectivity index (χ0v) is 11.6. The van der Waals surface area contributed by atoms with Crippen LogP contribution in [0.4, 0.5) is 0 Å². The SMILES string of the molecule is COCCOCCNC(=O)CCN1C(=O)C=CC1=O.N. The number of rotatable bonds is 9. The van der Waals surface area contributed by atoms with Gasteiger partial charge in [-0.05, 0) is 0 Å². The Morgan fingerprint density at radius 1 is 1.20 bits per heavy atom. The molecular formula is C12H21N3O5. The second kappa shape index (κ2) is 10.1. The van der Waals surface area contributed by atoms with Crippen molar-refractivity contribution in [3.63, 3.8) is 0 Å². The maximum Gasteiger partial charge on any atom is 0.253 e. The molecule has 1 aliphatic heterocycles. The first kappa shape index (κ1) is 18.2. The Labute approximate surface area is 117 Å². The fraction of sp³-hybridized carbons (Fsp3) is 0.583. The maximum atomic E-state index is 11.4. The minimum absolute atomic E-state index is 0. The number of methoxy groups -OCH3 is 1. The lowest BCUT2D eigenvalue weighted by atomic mass is 10.3. The predicted octanol–water partition coefficient (Wildman–Crippen LogP) is -0.757. The summed E-state index contributed by atoms with van der Waals surface area (Å²) in [5, 5.41) is 2.64. The van der Waals surface area contributed by atoms with E-state index in [0.717, 1.165) is 4.90 Å². The van der Waals surface area contributed by atoms with Crippen molar-refractivity contribution in [1.82, 2.24) is 16.4 Å². The molecule has 0 aromatic rings. The van der Waals surface area contributed by atoms with Gasteiger partial charge in [-0.2, -0.15) is 0 Å². The van der Waals surface area contributed by atoms with Crippen LogP contribution in [0.15, 0.2) is 12.2 Å². The molecule has 0 atom stereocenters. The molecule has 0 aromatic carbocycles. The van der Waals surface area contributed by atoms with Gasteiger partial charge < -0.3 is 20.9 Å². The van der Waals surface area contributed by atoms with Crippen LogP contribution in [0.3, 0.4) is 0 Å². The average molecular weight is 287 g/mol. The summed E-state index contributed by atoms with van der Waals surface area (Å²) in [5.74, 6) is -0.968. The topological polar surface area (TPSA) is 120 Å². The number of nitrogens with one attached hydrogen (secondary N) is 1. The van der Waals surface area contributed by atoms with E-state index in [1.54, 1.807) is 7.11 Å². The summed E-state index contributed by atoms with van der Waals surface area (Å²) in [6, 6.07) is 0. The molecule has 0 spiro atoms. The van der Waals surface area contributed by atoms with Gasteiger partial charge >= 0.3 is 0 Å². The van der Waals surface area contributed by atoms with Gasteiger partial charge in [0.2, 0.25) is 5.91 Å². The molecule has 0 fully saturated rings. The number of nitrogens with zero attached hydrogens (tertiary/aromatic N) is 1. The standard InChI is InChI=1S/C12H18N2O5.H3N/c1-18-8-9-19-7-5-13-10(15)4-6-14-11(16)2-3-12(14)17;/h2-3H,4-9H2,1H3,(H,13,15);1H3. The van der Waals surface area contributed by atoms with Crippen molar-refractivity contribution in [2.75, 3.05) is 40.0 Å². The summed E-state index contributed by atoms with van der Waals surface area (Å²) in [4.78, 5) is 34.9. The third kappa shape index (κ3) is 6.41. The normalized spacial score (nSPS) is 13.6. The van der Waals surface area contributed by atoms with Gasteiger partial charge in [-0.1, -0.05) is 0 Å². The Hall–Kier alpha value is -1.77. The number of hydrogen-bond donors (Lipinski definition) is 2. The number of amides is 3. The van der Waals surface area contributed by atoms with Gasteiger partial charge in [0.25, 0.3) is 11.8 Å². The maximum absolute atomic E-state index is 11.4. The van der Waals surface area contributed by atoms with Crippen molar-refractivity contribution in [2.24, 2.45) is 0 Å². The Bertz CT molecular complexity index is 352. The average Bonchev–Trinajstić information content (AvgIpc) is 2.71. The summed E-state index contributed by atoms with van der Waals surface area (Å²) < 4.78 is 9.97. The van der Waals surface area contributed by atoms with E-state index in [-0.39, 0.29) is 36.8 Å². The minimum atomic E-state index is -0.374. The summed E-state index contributed by atoms with van der Waals surface area (Å²) in [5.41, 5.74) is 0. The van der Waals surface area contributed by atoms with Gasteiger partial charge in [-0.3, -0.25) is 19.3 Å². The second-order valence-electron chi connectivity index (χ2n) is 3.87. The highest BCUT2D eigenvalue weighted by Gasteiger charge is 2.23. The molecule has 8 nitrogen and oxygen atoms in total. The van der Waals surface area contributed by atoms with Crippen molar-refractivity contribution in [2.45, 2.75) is 6.42 Å². The molecule has 3 amide bonds. The van der Waals surface area contributed by atoms with E-state index in [0.29, 0.717) is 26.4 Å². The largest absolute Gasteiger partial charge is 0.382 e. The Morgan fingerprint density at radius 3 is 2.45 bits per heavy atom. The molecule has 1 rings (SSSR count). The molecule has 20 heavy (non-hydrogen) atoms. The van der Waals surface area contributed by atoms with Gasteiger partial charge in [0.05, 0.1) is 19.8 Å². The molecule has 1 heterocycles. The lowest BCUT2D eigenvalue weighted by molar-refractivity contribution is -0.137. The van der Waals surface area contributed by atoms with Crippen LogP contribution in [0.25, 0.3) is 0 Å². The van der Waals surface area contributed by atoms with Gasteiger partial charge in [0.15, 0.2) is 0 Å². The van der Waals surface area contributed by atoms with Gasteiger partial charge in [-0.25, -0.2) is 0 Å². The van der Waals surface area contributed by atoms with Crippen molar-refractivity contribution in [1.29, 1.82) is 0 Å². The number of carbonyl (C=O) groups excluding carboxylic acids is 3. The van der Waals surface area contributed by atoms with Crippen LogP contribution in [-0.2, 0) is 23.9 Å². The van der Waals surface area contributed by atoms with Crippen molar-refractivity contribution < 1.29 is 23.9 Å². The molecule has 4 N–H and O–H groups in total. The quantitative estimate of drug-likeness (QED) is 0.425. The van der Waals surface area contributed by atoms with Gasteiger partial charge in [0.1, 0.15) is 0 Å². The molecule has 0 radical (unpaired) electrons. The third-order valence-electron chi connectivity index (χ3n) is 2.46. The van der Waals surface area contributed by atoms with E-state index in [9.17, 15) is 14.4 Å². The van der Waals surface area contributed by atoms with Gasteiger partial charge in [-0.15, -0.1) is 0 Å². The van der Waals surface area contributed by atoms with Crippen LogP contribution >= 0.6 is 0 Å². The van der Waals surface area contributed by atoms with E-state index in [1.165, 1.54) is 12.2 Å². The molecule has 0 unspecified atom stereocenters. The molecule has 8 heteroatoms. The van der Waals surface area contributed by atoms with Crippen molar-refractivity contribution >= 4 is 17.7 Å². The first-order chi connectivity index (χ1) is 9.15. The van der Waals surface area contributed by atoms with E-state index in [2.05, 4.69) is 5.32 Å². The number of carbonyl (C=O) groups is 3. The van der Waals surface area contributed by atoms with Crippen LogP contribution in [0.5, 0.6) is 0 Å². The highest BCUT2D eigenvalue weighted by atomic mass is 16.5. The van der Waals surface area contributed by atoms with Crippen LogP contribution in [0.2, 0.25) is 0 Å². The van der Waals surface area contributed by atoms with Crippen LogP contribution < -0.4 is 11.5 Å². The molecule has 0 saturated carbocycles. The third-order valence-corrected chi connectivity index (χ3v) is 2.46. The lowest BCUT2D eigenvalue weighted by Crippen LogP contribution is -2.35. The smallest absolute Gasteiger partial charge is 0.253 e. The van der Waals surface area contributed by atoms with E-state index in [1.807, 2.05) is 0 Å². The summed E-state index contributed by atoms with van der Waals surface area (Å²) in [6.45, 7) is 1.89. The second-order valence-corrected chi connectivity index (χ2v) is 3.87. The van der Waals surface area contributed by atoms with Crippen molar-refractivity contribution in [3.05, 3.63) is 12.2 Å². The molecule has 0 aromatic heterocycles. The minimum Gasteiger partial charge on any atom is -0.382 e. The van der Waals surface area contributed by atoms with Crippen LogP contribution in [-0.4, -0.2) is 62.6 Å². The van der Waals surface area contributed by atoms with Crippen molar-refractivity contribution in [3.8, 4) is 0 Å². The Morgan fingerprint density at radius 2 is 1.85 bits per heavy atom. The number of ether oxygens (including phenoxy) is 2. The zero-order valence-electron chi connectivity index (χ0n) is 11.6. The fourth-order valence-corrected chi connectivity index (χ4v) is 1.46. The molecule has 0 bridgehead atoms. The highest BCUT2D eigenvalue weighted by molar-refractivity contribution is 6.13. The fourth-order valence-electron chi connectivity index (χ4n) is 1.46. The lowest BCUT2D eigenvalue weighted by Gasteiger charge is -2.13. The van der Waals surface area contributed by atoms with E-state index < -0.39 is 0 Å². The molecule has 114 valence electrons. The summed E-state index contributed by atoms with van der Waals surface area (Å²) in [7, 11) is 1.58. The number of hydrogen-bond acceptors (Lipinski definition) is 6. The first-order valence-electron chi connectivity index (χ1n) is 6.02. The van der Waals surface area contributed by atoms with Crippen LogP contribution in [0.1, 0.15) is 6.42 Å². The van der Waals surface area contributed by atoms with E-state index >= 15 is 0 Å². The molecule has 1 aliphatic rings. The molecule has 0 saturated heterocycles. The van der Waals surface area contributed by atoms with Crippen LogP contribution in [0, 0.1) is 0 Å². The zero-order chi connectivity index (χ0) is 14.1. The molecular weight excluding hydrogens is 266 g/mol. The first-order valence-corrected chi connectivity index (χ1v) is 6.02.